The molecule has 1 atom stereocenters. The van der Waals surface area contributed by atoms with Crippen LogP contribution in [0.15, 0.2) is 23.8 Å². The first kappa shape index (κ1) is 29.7. The Labute approximate surface area is 180 Å². The van der Waals surface area contributed by atoms with Gasteiger partial charge in [0.2, 0.25) is 0 Å². The molecule has 0 amide bonds. The number of hydrogen-bond acceptors (Lipinski definition) is 0. The van der Waals surface area contributed by atoms with Gasteiger partial charge in [-0.3, -0.25) is 0 Å². The highest BCUT2D eigenvalue weighted by Crippen LogP contribution is 2.30. The van der Waals surface area contributed by atoms with Crippen molar-refractivity contribution in [2.24, 2.45) is 11.8 Å². The summed E-state index contributed by atoms with van der Waals surface area (Å²) < 4.78 is 0. The number of unbranched alkanes of at least 4 members (excludes halogenated alkanes) is 6. The highest BCUT2D eigenvalue weighted by molar-refractivity contribution is 5.19. The van der Waals surface area contributed by atoms with Gasteiger partial charge < -0.3 is 0 Å². The molecule has 0 bridgehead atoms. The number of allylic oxidation sites excluding steroid dienone is 4. The summed E-state index contributed by atoms with van der Waals surface area (Å²) in [5.41, 5.74) is 1.61. The lowest BCUT2D eigenvalue weighted by Gasteiger charge is -2.25. The smallest absolute Gasteiger partial charge is 0.0230 e. The largest absolute Gasteiger partial charge is 0.0813 e. The van der Waals surface area contributed by atoms with E-state index in [4.69, 9.17) is 0 Å². The van der Waals surface area contributed by atoms with Crippen molar-refractivity contribution < 1.29 is 0 Å². The highest BCUT2D eigenvalue weighted by atomic mass is 14.2. The second-order valence-corrected chi connectivity index (χ2v) is 8.41. The molecule has 1 unspecified atom stereocenters. The molecule has 28 heavy (non-hydrogen) atoms. The van der Waals surface area contributed by atoms with Crippen molar-refractivity contribution in [1.29, 1.82) is 0 Å². The Hall–Kier alpha value is -0.520. The standard InChI is InChI=1S/C23H42.C3H8.C2H6/c1-4-6-8-9-12-16-22(15-11-7-5-2)20-19-21(3)23-17-13-10-14-18-23;1-3-2;1-2/h15,19-21,23H,4-14,16-18H2,1-3H3;3H2,1-2H3;1-2H3/b20-19-,22-15-;;. The van der Waals surface area contributed by atoms with Crippen LogP contribution in [-0.4, -0.2) is 0 Å². The van der Waals surface area contributed by atoms with Gasteiger partial charge in [0.25, 0.3) is 0 Å². The molecule has 0 aliphatic heterocycles. The van der Waals surface area contributed by atoms with E-state index in [0.29, 0.717) is 0 Å². The van der Waals surface area contributed by atoms with Crippen LogP contribution in [0, 0.1) is 11.8 Å². The minimum atomic E-state index is 0.768. The van der Waals surface area contributed by atoms with Gasteiger partial charge in [-0.1, -0.05) is 136 Å². The normalized spacial score (nSPS) is 16.2. The summed E-state index contributed by atoms with van der Waals surface area (Å²) >= 11 is 0. The van der Waals surface area contributed by atoms with Gasteiger partial charge in [-0.25, -0.2) is 0 Å². The fraction of sp³-hybridized carbons (Fsp3) is 0.857. The third kappa shape index (κ3) is 18.8. The molecule has 1 aliphatic carbocycles. The Kier molecular flexibility index (Phi) is 26.0. The molecule has 0 aromatic carbocycles. The Morgan fingerprint density at radius 3 is 1.96 bits per heavy atom. The van der Waals surface area contributed by atoms with Crippen molar-refractivity contribution in [2.45, 2.75) is 145 Å². The molecule has 0 nitrogen and oxygen atoms in total. The topological polar surface area (TPSA) is 0 Å². The zero-order chi connectivity index (χ0) is 21.5. The maximum Gasteiger partial charge on any atom is -0.0230 e. The van der Waals surface area contributed by atoms with Gasteiger partial charge >= 0.3 is 0 Å². The van der Waals surface area contributed by atoms with E-state index in [1.54, 1.807) is 5.57 Å². The van der Waals surface area contributed by atoms with Crippen molar-refractivity contribution in [2.75, 3.05) is 0 Å². The van der Waals surface area contributed by atoms with Gasteiger partial charge in [0, 0.05) is 0 Å². The van der Waals surface area contributed by atoms with Crippen molar-refractivity contribution in [3.63, 3.8) is 0 Å². The van der Waals surface area contributed by atoms with E-state index in [9.17, 15) is 0 Å². The maximum atomic E-state index is 2.53. The van der Waals surface area contributed by atoms with Crippen LogP contribution in [0.4, 0.5) is 0 Å². The van der Waals surface area contributed by atoms with Gasteiger partial charge in [-0.15, -0.1) is 0 Å². The van der Waals surface area contributed by atoms with E-state index in [-0.39, 0.29) is 0 Å². The maximum absolute atomic E-state index is 2.53. The molecule has 1 rings (SSSR count). The molecule has 1 saturated carbocycles. The van der Waals surface area contributed by atoms with Crippen LogP contribution in [0.1, 0.15) is 145 Å². The van der Waals surface area contributed by atoms with E-state index < -0.39 is 0 Å². The van der Waals surface area contributed by atoms with Crippen molar-refractivity contribution in [3.05, 3.63) is 23.8 Å². The van der Waals surface area contributed by atoms with Crippen LogP contribution in [0.3, 0.4) is 0 Å². The first-order valence-corrected chi connectivity index (χ1v) is 13.1. The van der Waals surface area contributed by atoms with Crippen LogP contribution in [-0.2, 0) is 0 Å². The van der Waals surface area contributed by atoms with E-state index in [1.165, 1.54) is 96.3 Å². The third-order valence-corrected chi connectivity index (χ3v) is 5.54. The SMILES string of the molecule is CC.CCC.CCCC/C=C(\C=C/C(C)C1CCCCC1)CCCCCCC. The molecule has 0 heteroatoms. The molecular weight excluding hydrogens is 336 g/mol. The summed E-state index contributed by atoms with van der Waals surface area (Å²) in [6, 6.07) is 0. The lowest BCUT2D eigenvalue weighted by molar-refractivity contribution is 0.300. The molecule has 0 radical (unpaired) electrons. The number of hydrogen-bond donors (Lipinski definition) is 0. The van der Waals surface area contributed by atoms with E-state index >= 15 is 0 Å². The molecule has 1 aliphatic rings. The van der Waals surface area contributed by atoms with Crippen molar-refractivity contribution in [3.8, 4) is 0 Å². The molecular formula is C28H56. The lowest BCUT2D eigenvalue weighted by Crippen LogP contribution is -2.13. The molecule has 0 aromatic heterocycles. The second-order valence-electron chi connectivity index (χ2n) is 8.41. The molecule has 0 aromatic rings. The van der Waals surface area contributed by atoms with Crippen LogP contribution in [0.5, 0.6) is 0 Å². The van der Waals surface area contributed by atoms with Crippen LogP contribution in [0.2, 0.25) is 0 Å². The first-order chi connectivity index (χ1) is 13.7. The van der Waals surface area contributed by atoms with Crippen LogP contribution >= 0.6 is 0 Å². The molecule has 0 saturated heterocycles. The van der Waals surface area contributed by atoms with E-state index in [2.05, 4.69) is 52.8 Å². The Morgan fingerprint density at radius 2 is 1.39 bits per heavy atom. The molecule has 0 heterocycles. The summed E-state index contributed by atoms with van der Waals surface area (Å²) in [6.07, 6.45) is 28.2. The van der Waals surface area contributed by atoms with Crippen LogP contribution in [0.25, 0.3) is 0 Å². The first-order valence-electron chi connectivity index (χ1n) is 13.1. The summed E-state index contributed by atoms with van der Waals surface area (Å²) in [6.45, 7) is 15.3. The fourth-order valence-corrected chi connectivity index (χ4v) is 3.77. The predicted molar refractivity (Wildman–Crippen MR) is 133 cm³/mol. The quantitative estimate of drug-likeness (QED) is 0.229. The Balaban J connectivity index is 0. The average molecular weight is 393 g/mol. The molecule has 0 spiro atoms. The summed E-state index contributed by atoms with van der Waals surface area (Å²) in [4.78, 5) is 0. The fourth-order valence-electron chi connectivity index (χ4n) is 3.77. The minimum Gasteiger partial charge on any atom is -0.0813 e. The van der Waals surface area contributed by atoms with Gasteiger partial charge in [-0.2, -0.15) is 0 Å². The average Bonchev–Trinajstić information content (AvgIpc) is 2.74. The summed E-state index contributed by atoms with van der Waals surface area (Å²) in [7, 11) is 0. The zero-order valence-electron chi connectivity index (χ0n) is 21.0. The zero-order valence-corrected chi connectivity index (χ0v) is 21.0. The van der Waals surface area contributed by atoms with Gasteiger partial charge in [0.05, 0.1) is 0 Å². The monoisotopic (exact) mass is 392 g/mol. The predicted octanol–water partition coefficient (Wildman–Crippen LogP) is 10.7. The van der Waals surface area contributed by atoms with E-state index in [1.807, 2.05) is 13.8 Å². The Bertz CT molecular complexity index is 330. The summed E-state index contributed by atoms with van der Waals surface area (Å²) in [5.74, 6) is 1.71. The lowest BCUT2D eigenvalue weighted by atomic mass is 9.80. The second kappa shape index (κ2) is 24.5. The molecule has 168 valence electrons. The minimum absolute atomic E-state index is 0.768. The van der Waals surface area contributed by atoms with Gasteiger partial charge in [-0.05, 0) is 43.9 Å². The Morgan fingerprint density at radius 1 is 0.821 bits per heavy atom. The van der Waals surface area contributed by atoms with E-state index in [0.717, 1.165) is 11.8 Å². The van der Waals surface area contributed by atoms with Gasteiger partial charge in [0.15, 0.2) is 0 Å². The third-order valence-electron chi connectivity index (χ3n) is 5.54. The van der Waals surface area contributed by atoms with Crippen molar-refractivity contribution in [1.82, 2.24) is 0 Å². The summed E-state index contributed by atoms with van der Waals surface area (Å²) in [5, 5.41) is 0. The number of rotatable bonds is 12. The highest BCUT2D eigenvalue weighted by Gasteiger charge is 2.17. The molecule has 0 N–H and O–H groups in total. The van der Waals surface area contributed by atoms with Crippen molar-refractivity contribution >= 4 is 0 Å². The van der Waals surface area contributed by atoms with Crippen LogP contribution < -0.4 is 0 Å². The van der Waals surface area contributed by atoms with Gasteiger partial charge in [0.1, 0.15) is 0 Å². The molecule has 1 fully saturated rings.